The summed E-state index contributed by atoms with van der Waals surface area (Å²) in [5.74, 6) is 0.0676. The largest absolute Gasteiger partial charge is 0.494 e. The molecule has 3 N–H and O–H groups in total. The molecule has 0 spiro atoms. The average Bonchev–Trinajstić information content (AvgIpc) is 3.66. The Morgan fingerprint density at radius 2 is 1.73 bits per heavy atom. The Hall–Kier alpha value is -5.91. The third kappa shape index (κ3) is 10.4. The molecular formula is C49H51ClFN9O5S. The van der Waals surface area contributed by atoms with Crippen molar-refractivity contribution in [1.82, 2.24) is 34.9 Å². The smallest absolute Gasteiger partial charge is 0.255 e. The molecule has 17 heteroatoms. The van der Waals surface area contributed by atoms with Gasteiger partial charge in [0.2, 0.25) is 17.7 Å². The number of amides is 4. The standard InChI is InChI=1S/C49H51ClFN9O5S/c1-65-43-26-40-36(47(53-30-52-40)54-33-11-12-39(51)38(50)24-33)25-41(43)55-45(61)6-3-17-57-18-15-34(16-19-57)59-22-20-58(21-23-59)27-31-7-9-32(10-8-31)29-66-44-5-2-4-35-37(44)28-60(49(35)64)42-13-14-46(62)56-48(42)63/h2-12,24-26,30,34,42H,13-23,27-29H2,1H3,(H,55,61)(H,52,53,54)(H,56,62,63)/b6-3+. The van der Waals surface area contributed by atoms with E-state index in [0.29, 0.717) is 65.0 Å². The van der Waals surface area contributed by atoms with Crippen LogP contribution in [0.15, 0.2) is 96.2 Å². The van der Waals surface area contributed by atoms with Crippen LogP contribution in [0.2, 0.25) is 5.02 Å². The molecule has 4 aliphatic heterocycles. The fourth-order valence-corrected chi connectivity index (χ4v) is 10.5. The number of fused-ring (bicyclic) bond motifs is 2. The van der Waals surface area contributed by atoms with Gasteiger partial charge in [-0.2, -0.15) is 0 Å². The number of piperazine rings is 1. The van der Waals surface area contributed by atoms with Crippen LogP contribution in [0, 0.1) is 5.82 Å². The van der Waals surface area contributed by atoms with Gasteiger partial charge in [-0.25, -0.2) is 14.4 Å². The summed E-state index contributed by atoms with van der Waals surface area (Å²) in [5.41, 5.74) is 5.71. The molecule has 1 atom stereocenters. The molecule has 4 amide bonds. The summed E-state index contributed by atoms with van der Waals surface area (Å²) in [6, 6.07) is 22.3. The van der Waals surface area contributed by atoms with Crippen LogP contribution in [0.3, 0.4) is 0 Å². The second kappa shape index (κ2) is 20.3. The van der Waals surface area contributed by atoms with E-state index in [1.165, 1.54) is 36.7 Å². The van der Waals surface area contributed by atoms with Gasteiger partial charge in [0.1, 0.15) is 29.8 Å². The Labute approximate surface area is 391 Å². The van der Waals surface area contributed by atoms with Crippen molar-refractivity contribution >= 4 is 75.1 Å². The van der Waals surface area contributed by atoms with E-state index in [0.717, 1.165) is 74.9 Å². The van der Waals surface area contributed by atoms with Crippen molar-refractivity contribution in [3.63, 3.8) is 0 Å². The summed E-state index contributed by atoms with van der Waals surface area (Å²) in [4.78, 5) is 69.5. The van der Waals surface area contributed by atoms with Gasteiger partial charge in [0.25, 0.3) is 5.91 Å². The molecule has 1 unspecified atom stereocenters. The highest BCUT2D eigenvalue weighted by atomic mass is 35.5. The van der Waals surface area contributed by atoms with Crippen molar-refractivity contribution in [2.45, 2.75) is 61.5 Å². The highest BCUT2D eigenvalue weighted by Crippen LogP contribution is 2.37. The molecule has 342 valence electrons. The fourth-order valence-electron chi connectivity index (χ4n) is 9.25. The zero-order valence-corrected chi connectivity index (χ0v) is 38.2. The van der Waals surface area contributed by atoms with Gasteiger partial charge in [-0.15, -0.1) is 11.8 Å². The number of likely N-dealkylation sites (tertiary alicyclic amines) is 1. The average molecular weight is 933 g/mol. The van der Waals surface area contributed by atoms with E-state index in [1.54, 1.807) is 40.9 Å². The molecule has 3 fully saturated rings. The van der Waals surface area contributed by atoms with Gasteiger partial charge >= 0.3 is 0 Å². The zero-order chi connectivity index (χ0) is 45.7. The van der Waals surface area contributed by atoms with Crippen molar-refractivity contribution in [3.8, 4) is 5.75 Å². The molecule has 0 aliphatic carbocycles. The number of carbonyl (C=O) groups is 4. The molecule has 4 aliphatic rings. The van der Waals surface area contributed by atoms with Crippen LogP contribution in [-0.2, 0) is 33.2 Å². The van der Waals surface area contributed by atoms with E-state index in [1.807, 2.05) is 24.3 Å². The topological polar surface area (TPSA) is 152 Å². The first-order valence-corrected chi connectivity index (χ1v) is 23.6. The number of methoxy groups -OCH3 is 1. The van der Waals surface area contributed by atoms with Crippen LogP contribution in [0.1, 0.15) is 52.7 Å². The predicted octanol–water partition coefficient (Wildman–Crippen LogP) is 7.00. The van der Waals surface area contributed by atoms with Crippen LogP contribution < -0.4 is 20.7 Å². The van der Waals surface area contributed by atoms with Crippen molar-refractivity contribution < 1.29 is 28.3 Å². The molecular weight excluding hydrogens is 881 g/mol. The molecule has 0 saturated carbocycles. The monoisotopic (exact) mass is 931 g/mol. The maximum Gasteiger partial charge on any atom is 0.255 e. The van der Waals surface area contributed by atoms with E-state index in [-0.39, 0.29) is 29.2 Å². The highest BCUT2D eigenvalue weighted by Gasteiger charge is 2.40. The van der Waals surface area contributed by atoms with Gasteiger partial charge in [-0.05, 0) is 85.4 Å². The Balaban J connectivity index is 0.696. The normalized spacial score (nSPS) is 18.8. The van der Waals surface area contributed by atoms with Gasteiger partial charge in [0.05, 0.1) is 23.3 Å². The van der Waals surface area contributed by atoms with Crippen LogP contribution in [0.4, 0.5) is 21.6 Å². The number of hydrogen-bond acceptors (Lipinski definition) is 12. The van der Waals surface area contributed by atoms with Gasteiger partial charge < -0.3 is 20.3 Å². The minimum absolute atomic E-state index is 0.0117. The summed E-state index contributed by atoms with van der Waals surface area (Å²) in [6.45, 7) is 8.07. The third-order valence-corrected chi connectivity index (χ3v) is 14.3. The molecule has 9 rings (SSSR count). The number of imide groups is 1. The van der Waals surface area contributed by atoms with Crippen molar-refractivity contribution in [3.05, 3.63) is 124 Å². The van der Waals surface area contributed by atoms with Crippen molar-refractivity contribution in [1.29, 1.82) is 0 Å². The number of ether oxygens (including phenoxy) is 1. The van der Waals surface area contributed by atoms with E-state index in [2.05, 4.69) is 64.9 Å². The minimum atomic E-state index is -0.620. The lowest BCUT2D eigenvalue weighted by Crippen LogP contribution is -2.52. The Morgan fingerprint density at radius 3 is 2.48 bits per heavy atom. The number of thioether (sulfide) groups is 1. The van der Waals surface area contributed by atoms with Crippen LogP contribution in [0.5, 0.6) is 5.75 Å². The lowest BCUT2D eigenvalue weighted by atomic mass is 10.0. The van der Waals surface area contributed by atoms with Gasteiger partial charge in [0.15, 0.2) is 0 Å². The fraction of sp³-hybridized carbons (Fsp3) is 0.347. The third-order valence-electron chi connectivity index (χ3n) is 12.9. The van der Waals surface area contributed by atoms with Crippen LogP contribution >= 0.6 is 23.4 Å². The maximum absolute atomic E-state index is 13.7. The van der Waals surface area contributed by atoms with Crippen LogP contribution in [-0.4, -0.2) is 118 Å². The molecule has 5 heterocycles. The number of nitrogens with one attached hydrogen (secondary N) is 3. The van der Waals surface area contributed by atoms with E-state index >= 15 is 0 Å². The van der Waals surface area contributed by atoms with Gasteiger partial charge in [-0.1, -0.05) is 48.0 Å². The SMILES string of the molecule is COc1cc2ncnc(Nc3ccc(F)c(Cl)c3)c2cc1NC(=O)/C=C/CN1CCC(N2CCN(Cc3ccc(CSc4cccc5c4CN(C4CCC(=O)NC4=O)C5=O)cc3)CC2)CC1. The lowest BCUT2D eigenvalue weighted by molar-refractivity contribution is -0.137. The number of carbonyl (C=O) groups excluding carboxylic acids is 4. The molecule has 3 saturated heterocycles. The number of rotatable bonds is 14. The number of anilines is 3. The molecule has 66 heavy (non-hydrogen) atoms. The van der Waals surface area contributed by atoms with Gasteiger partial charge in [-0.3, -0.25) is 39.2 Å². The van der Waals surface area contributed by atoms with Crippen molar-refractivity contribution in [2.24, 2.45) is 0 Å². The predicted molar refractivity (Wildman–Crippen MR) is 253 cm³/mol. The van der Waals surface area contributed by atoms with E-state index in [9.17, 15) is 23.6 Å². The number of benzene rings is 4. The molecule has 0 radical (unpaired) electrons. The summed E-state index contributed by atoms with van der Waals surface area (Å²) in [5, 5.41) is 9.11. The quantitative estimate of drug-likeness (QED) is 0.0598. The summed E-state index contributed by atoms with van der Waals surface area (Å²) >= 11 is 7.69. The number of nitrogens with zero attached hydrogens (tertiary/aromatic N) is 6. The summed E-state index contributed by atoms with van der Waals surface area (Å²) in [7, 11) is 1.53. The molecule has 4 aromatic carbocycles. The summed E-state index contributed by atoms with van der Waals surface area (Å²) < 4.78 is 19.3. The molecule has 5 aromatic rings. The molecule has 0 bridgehead atoms. The zero-order valence-electron chi connectivity index (χ0n) is 36.6. The second-order valence-electron chi connectivity index (χ2n) is 17.1. The number of hydrogen-bond donors (Lipinski definition) is 3. The second-order valence-corrected chi connectivity index (χ2v) is 18.5. The first-order valence-electron chi connectivity index (χ1n) is 22.3. The highest BCUT2D eigenvalue weighted by molar-refractivity contribution is 7.98. The van der Waals surface area contributed by atoms with E-state index < -0.39 is 17.8 Å². The van der Waals surface area contributed by atoms with Crippen LogP contribution in [0.25, 0.3) is 10.9 Å². The minimum Gasteiger partial charge on any atom is -0.494 e. The first kappa shape index (κ1) is 45.3. The number of aromatic nitrogens is 2. The summed E-state index contributed by atoms with van der Waals surface area (Å²) in [6.07, 6.45) is 7.66. The Morgan fingerprint density at radius 1 is 0.939 bits per heavy atom. The molecule has 1 aromatic heterocycles. The van der Waals surface area contributed by atoms with E-state index in [4.69, 9.17) is 16.3 Å². The number of piperidine rings is 2. The Kier molecular flexibility index (Phi) is 13.9. The van der Waals surface area contributed by atoms with Gasteiger partial charge in [0, 0.05) is 97.7 Å². The number of halogens is 2. The molecule has 14 nitrogen and oxygen atoms in total. The first-order chi connectivity index (χ1) is 32.1. The Bertz CT molecular complexity index is 2670. The van der Waals surface area contributed by atoms with Crippen molar-refractivity contribution in [2.75, 3.05) is 63.6 Å². The lowest BCUT2D eigenvalue weighted by Gasteiger charge is -2.42. The maximum atomic E-state index is 13.7.